The van der Waals surface area contributed by atoms with Crippen molar-refractivity contribution in [3.05, 3.63) is 58.7 Å². The molecule has 2 aromatic rings. The summed E-state index contributed by atoms with van der Waals surface area (Å²) in [5.74, 6) is 0.0790. The Morgan fingerprint density at radius 3 is 2.44 bits per heavy atom. The first-order valence-corrected chi connectivity index (χ1v) is 11.7. The molecule has 2 aromatic carbocycles. The van der Waals surface area contributed by atoms with Crippen molar-refractivity contribution >= 4 is 0 Å². The number of benzene rings is 2. The van der Waals surface area contributed by atoms with Gasteiger partial charge in [0, 0.05) is 6.42 Å². The van der Waals surface area contributed by atoms with E-state index in [4.69, 9.17) is 24.7 Å². The predicted molar refractivity (Wildman–Crippen MR) is 122 cm³/mol. The lowest BCUT2D eigenvalue weighted by Crippen LogP contribution is -2.57. The van der Waals surface area contributed by atoms with Crippen molar-refractivity contribution in [3.8, 4) is 11.5 Å². The van der Waals surface area contributed by atoms with Crippen LogP contribution in [0, 0.1) is 0 Å². The third-order valence-corrected chi connectivity index (χ3v) is 6.30. The fraction of sp³-hybridized carbons (Fsp3) is 0.538. The Bertz CT molecular complexity index is 996. The fourth-order valence-electron chi connectivity index (χ4n) is 4.19. The second-order valence-electron chi connectivity index (χ2n) is 9.66. The van der Waals surface area contributed by atoms with Gasteiger partial charge < -0.3 is 24.7 Å². The largest absolute Gasteiger partial charge is 0.493 e. The lowest BCUT2D eigenvalue weighted by molar-refractivity contribution is -0.267. The van der Waals surface area contributed by atoms with E-state index in [0.29, 0.717) is 44.6 Å². The Morgan fingerprint density at radius 1 is 1.00 bits per heavy atom. The molecular formula is C26H32F3NO4. The minimum absolute atomic E-state index is 0.146. The number of nitrogens with two attached hydrogens (primary N) is 1. The summed E-state index contributed by atoms with van der Waals surface area (Å²) in [6.45, 7) is 5.11. The summed E-state index contributed by atoms with van der Waals surface area (Å²) in [7, 11) is 0. The lowest BCUT2D eigenvalue weighted by Gasteiger charge is -2.41. The zero-order valence-corrected chi connectivity index (χ0v) is 19.7. The van der Waals surface area contributed by atoms with Crippen LogP contribution in [0.4, 0.5) is 13.2 Å². The lowest BCUT2D eigenvalue weighted by atomic mass is 9.92. The van der Waals surface area contributed by atoms with Gasteiger partial charge in [0.1, 0.15) is 11.5 Å². The molecule has 0 spiro atoms. The van der Waals surface area contributed by atoms with Gasteiger partial charge in [0.2, 0.25) is 0 Å². The Hall–Kier alpha value is -2.29. The van der Waals surface area contributed by atoms with Crippen molar-refractivity contribution in [1.29, 1.82) is 0 Å². The SMILES string of the molecule is CC1(C)OCC(N)(CCc2ccc(OCCCc3ccc4c(c3)CCO4)c(C(F)(F)F)c2)CO1. The second kappa shape index (κ2) is 9.76. The quantitative estimate of drug-likeness (QED) is 0.536. The van der Waals surface area contributed by atoms with E-state index >= 15 is 0 Å². The molecule has 0 atom stereocenters. The molecule has 0 amide bonds. The summed E-state index contributed by atoms with van der Waals surface area (Å²) < 4.78 is 63.5. The second-order valence-corrected chi connectivity index (χ2v) is 9.66. The highest BCUT2D eigenvalue weighted by Gasteiger charge is 2.38. The van der Waals surface area contributed by atoms with Crippen molar-refractivity contribution in [1.82, 2.24) is 0 Å². The van der Waals surface area contributed by atoms with E-state index in [-0.39, 0.29) is 12.4 Å². The van der Waals surface area contributed by atoms with E-state index < -0.39 is 23.1 Å². The zero-order chi connectivity index (χ0) is 24.4. The van der Waals surface area contributed by atoms with Crippen molar-refractivity contribution < 1.29 is 32.1 Å². The maximum absolute atomic E-state index is 13.7. The van der Waals surface area contributed by atoms with Gasteiger partial charge in [-0.3, -0.25) is 0 Å². The Balaban J connectivity index is 1.33. The number of halogens is 3. The molecule has 34 heavy (non-hydrogen) atoms. The molecule has 1 saturated heterocycles. The molecule has 2 N–H and O–H groups in total. The van der Waals surface area contributed by atoms with Crippen LogP contribution in [-0.4, -0.2) is 37.8 Å². The first-order chi connectivity index (χ1) is 16.0. The molecule has 2 heterocycles. The van der Waals surface area contributed by atoms with Gasteiger partial charge in [-0.25, -0.2) is 0 Å². The van der Waals surface area contributed by atoms with Gasteiger partial charge in [-0.15, -0.1) is 0 Å². The summed E-state index contributed by atoms with van der Waals surface area (Å²) in [5, 5.41) is 0. The Kier molecular flexibility index (Phi) is 7.12. The molecule has 0 saturated carbocycles. The monoisotopic (exact) mass is 479 g/mol. The first-order valence-electron chi connectivity index (χ1n) is 11.7. The number of hydrogen-bond acceptors (Lipinski definition) is 5. The molecule has 2 aliphatic rings. The summed E-state index contributed by atoms with van der Waals surface area (Å²) >= 11 is 0. The van der Waals surface area contributed by atoms with Crippen LogP contribution >= 0.6 is 0 Å². The first kappa shape index (κ1) is 24.8. The van der Waals surface area contributed by atoms with Crippen LogP contribution in [-0.2, 0) is 34.9 Å². The summed E-state index contributed by atoms with van der Waals surface area (Å²) in [6.07, 6.45) is -1.44. The van der Waals surface area contributed by atoms with Gasteiger partial charge in [0.05, 0.1) is 37.5 Å². The van der Waals surface area contributed by atoms with E-state index in [1.807, 2.05) is 26.0 Å². The normalized spacial score (nSPS) is 18.9. The van der Waals surface area contributed by atoms with Gasteiger partial charge in [-0.2, -0.15) is 13.2 Å². The molecule has 5 nitrogen and oxygen atoms in total. The number of aryl methyl sites for hydroxylation is 2. The average molecular weight is 480 g/mol. The Morgan fingerprint density at radius 2 is 1.71 bits per heavy atom. The molecule has 0 bridgehead atoms. The Labute approximate surface area is 198 Å². The van der Waals surface area contributed by atoms with Crippen LogP contribution in [0.2, 0.25) is 0 Å². The van der Waals surface area contributed by atoms with Crippen molar-refractivity contribution in [3.63, 3.8) is 0 Å². The molecule has 0 aliphatic carbocycles. The maximum atomic E-state index is 13.7. The van der Waals surface area contributed by atoms with E-state index in [1.54, 1.807) is 6.07 Å². The third-order valence-electron chi connectivity index (χ3n) is 6.30. The van der Waals surface area contributed by atoms with Gasteiger partial charge in [-0.05, 0) is 74.4 Å². The van der Waals surface area contributed by atoms with Crippen LogP contribution in [0.15, 0.2) is 36.4 Å². The van der Waals surface area contributed by atoms with E-state index in [0.717, 1.165) is 30.2 Å². The van der Waals surface area contributed by atoms with Crippen LogP contribution in [0.25, 0.3) is 0 Å². The summed E-state index contributed by atoms with van der Waals surface area (Å²) in [6, 6.07) is 10.3. The predicted octanol–water partition coefficient (Wildman–Crippen LogP) is 5.06. The van der Waals surface area contributed by atoms with Crippen LogP contribution < -0.4 is 15.2 Å². The average Bonchev–Trinajstić information content (AvgIpc) is 3.25. The molecular weight excluding hydrogens is 447 g/mol. The molecule has 0 unspecified atom stereocenters. The summed E-state index contributed by atoms with van der Waals surface area (Å²) in [4.78, 5) is 0. The molecule has 2 aliphatic heterocycles. The van der Waals surface area contributed by atoms with Crippen LogP contribution in [0.1, 0.15) is 48.9 Å². The van der Waals surface area contributed by atoms with Crippen LogP contribution in [0.3, 0.4) is 0 Å². The maximum Gasteiger partial charge on any atom is 0.419 e. The molecule has 186 valence electrons. The van der Waals surface area contributed by atoms with Gasteiger partial charge in [-0.1, -0.05) is 18.2 Å². The van der Waals surface area contributed by atoms with Gasteiger partial charge in [0.15, 0.2) is 5.79 Å². The number of hydrogen-bond donors (Lipinski definition) is 1. The molecule has 4 rings (SSSR count). The van der Waals surface area contributed by atoms with Crippen molar-refractivity contribution in [2.24, 2.45) is 5.73 Å². The number of alkyl halides is 3. The topological polar surface area (TPSA) is 62.9 Å². The highest BCUT2D eigenvalue weighted by Crippen LogP contribution is 2.37. The zero-order valence-electron chi connectivity index (χ0n) is 19.7. The van der Waals surface area contributed by atoms with Crippen molar-refractivity contribution in [2.75, 3.05) is 26.4 Å². The molecule has 0 radical (unpaired) electrons. The van der Waals surface area contributed by atoms with E-state index in [1.165, 1.54) is 11.6 Å². The molecule has 1 fully saturated rings. The van der Waals surface area contributed by atoms with E-state index in [2.05, 4.69) is 6.07 Å². The smallest absolute Gasteiger partial charge is 0.419 e. The number of fused-ring (bicyclic) bond motifs is 1. The van der Waals surface area contributed by atoms with Crippen LogP contribution in [0.5, 0.6) is 11.5 Å². The molecule has 8 heteroatoms. The van der Waals surface area contributed by atoms with Gasteiger partial charge in [0.25, 0.3) is 0 Å². The molecule has 0 aromatic heterocycles. The number of rotatable bonds is 8. The third kappa shape index (κ3) is 6.23. The minimum Gasteiger partial charge on any atom is -0.493 e. The van der Waals surface area contributed by atoms with Crippen molar-refractivity contribution in [2.45, 2.75) is 63.5 Å². The fourth-order valence-corrected chi connectivity index (χ4v) is 4.19. The number of ether oxygens (including phenoxy) is 4. The van der Waals surface area contributed by atoms with Gasteiger partial charge >= 0.3 is 6.18 Å². The highest BCUT2D eigenvalue weighted by atomic mass is 19.4. The highest BCUT2D eigenvalue weighted by molar-refractivity contribution is 5.40. The van der Waals surface area contributed by atoms with E-state index in [9.17, 15) is 13.2 Å². The standard InChI is InChI=1S/C26H32F3NO4/c1-24(2)33-16-25(30,17-34-24)11-9-19-6-8-23(21(15-19)26(27,28)29)31-12-3-4-18-5-7-22-20(14-18)10-13-32-22/h5-8,14-15H,3-4,9-13,16-17,30H2,1-2H3. The summed E-state index contributed by atoms with van der Waals surface area (Å²) in [5.41, 5.74) is 7.71. The minimum atomic E-state index is -4.51.